The molecule has 0 atom stereocenters. The molecule has 2 aromatic rings. The van der Waals surface area contributed by atoms with Gasteiger partial charge in [-0.25, -0.2) is 13.8 Å². The molecule has 0 aliphatic carbocycles. The van der Waals surface area contributed by atoms with Gasteiger partial charge < -0.3 is 15.2 Å². The smallest absolute Gasteiger partial charge is 0.213 e. The van der Waals surface area contributed by atoms with Gasteiger partial charge in [0.15, 0.2) is 29.1 Å². The quantitative estimate of drug-likeness (QED) is 0.833. The van der Waals surface area contributed by atoms with E-state index in [-0.39, 0.29) is 11.6 Å². The van der Waals surface area contributed by atoms with E-state index >= 15 is 0 Å². The molecule has 2 heterocycles. The molecule has 0 spiro atoms. The number of nitrogens with zero attached hydrogens (tertiary/aromatic N) is 3. The lowest BCUT2D eigenvalue weighted by Gasteiger charge is -2.09. The molecule has 2 aromatic heterocycles. The van der Waals surface area contributed by atoms with Gasteiger partial charge in [0.25, 0.3) is 0 Å². The van der Waals surface area contributed by atoms with Gasteiger partial charge in [0.1, 0.15) is 0 Å². The Labute approximate surface area is 108 Å². The van der Waals surface area contributed by atoms with Crippen LogP contribution in [0.15, 0.2) is 17.0 Å². The van der Waals surface area contributed by atoms with Crippen LogP contribution < -0.4 is 10.6 Å². The summed E-state index contributed by atoms with van der Waals surface area (Å²) < 4.78 is 31.4. The molecule has 0 aliphatic rings. The Morgan fingerprint density at radius 3 is 2.58 bits per heavy atom. The highest BCUT2D eigenvalue weighted by molar-refractivity contribution is 5.47. The minimum Gasteiger partial charge on any atom is -0.368 e. The van der Waals surface area contributed by atoms with Crippen molar-refractivity contribution in [2.75, 3.05) is 23.7 Å². The van der Waals surface area contributed by atoms with Gasteiger partial charge in [0, 0.05) is 25.6 Å². The number of pyridine rings is 1. The number of nitrogens with one attached hydrogen (secondary N) is 2. The predicted octanol–water partition coefficient (Wildman–Crippen LogP) is 1.83. The molecule has 0 amide bonds. The van der Waals surface area contributed by atoms with Crippen molar-refractivity contribution in [3.63, 3.8) is 0 Å². The van der Waals surface area contributed by atoms with Gasteiger partial charge in [-0.15, -0.1) is 0 Å². The number of anilines is 2. The lowest BCUT2D eigenvalue weighted by molar-refractivity contribution is 0.410. The third kappa shape index (κ3) is 3.36. The van der Waals surface area contributed by atoms with E-state index in [1.807, 2.05) is 0 Å². The molecular weight excluding hydrogens is 256 g/mol. The molecule has 0 saturated carbocycles. The number of hydrogen-bond acceptors (Lipinski definition) is 6. The predicted molar refractivity (Wildman–Crippen MR) is 64.8 cm³/mol. The second kappa shape index (κ2) is 6.07. The minimum absolute atomic E-state index is 0.0131. The zero-order chi connectivity index (χ0) is 13.7. The van der Waals surface area contributed by atoms with E-state index in [2.05, 4.69) is 30.3 Å². The molecule has 0 fully saturated rings. The van der Waals surface area contributed by atoms with Gasteiger partial charge in [0.05, 0.1) is 0 Å². The molecule has 19 heavy (non-hydrogen) atoms. The molecule has 0 bridgehead atoms. The molecular formula is C11H13F2N5O. The van der Waals surface area contributed by atoms with Crippen molar-refractivity contribution in [2.24, 2.45) is 0 Å². The highest BCUT2D eigenvalue weighted by Crippen LogP contribution is 2.18. The number of aromatic nitrogens is 3. The van der Waals surface area contributed by atoms with E-state index in [1.165, 1.54) is 6.39 Å². The molecule has 8 heteroatoms. The summed E-state index contributed by atoms with van der Waals surface area (Å²) in [6, 6.07) is 0.793. The van der Waals surface area contributed by atoms with Crippen molar-refractivity contribution in [3.05, 3.63) is 29.9 Å². The van der Waals surface area contributed by atoms with Gasteiger partial charge in [-0.1, -0.05) is 5.16 Å². The first-order chi connectivity index (χ1) is 9.20. The summed E-state index contributed by atoms with van der Waals surface area (Å²) in [6.45, 7) is 2.66. The maximum atomic E-state index is 13.5. The zero-order valence-electron chi connectivity index (χ0n) is 10.3. The monoisotopic (exact) mass is 269 g/mol. The summed E-state index contributed by atoms with van der Waals surface area (Å²) in [5.74, 6) is -0.955. The highest BCUT2D eigenvalue weighted by atomic mass is 19.1. The Kier molecular flexibility index (Phi) is 4.22. The topological polar surface area (TPSA) is 75.9 Å². The summed E-state index contributed by atoms with van der Waals surface area (Å²) in [7, 11) is 0. The Bertz CT molecular complexity index is 532. The van der Waals surface area contributed by atoms with Crippen LogP contribution in [0, 0.1) is 11.6 Å². The lowest BCUT2D eigenvalue weighted by Crippen LogP contribution is -2.11. The lowest BCUT2D eigenvalue weighted by atomic mass is 10.3. The number of hydrogen-bond donors (Lipinski definition) is 2. The SMILES string of the molecule is CCNc1nc(NCCc2ncon2)c(F)cc1F. The second-order valence-electron chi connectivity index (χ2n) is 3.70. The Morgan fingerprint density at radius 1 is 1.21 bits per heavy atom. The number of halogens is 2. The summed E-state index contributed by atoms with van der Waals surface area (Å²) in [6.07, 6.45) is 1.67. The van der Waals surface area contributed by atoms with Crippen LogP contribution in [0.1, 0.15) is 12.7 Å². The summed E-state index contributed by atoms with van der Waals surface area (Å²) in [5, 5.41) is 9.10. The van der Waals surface area contributed by atoms with Crippen molar-refractivity contribution >= 4 is 11.6 Å². The molecule has 0 aromatic carbocycles. The standard InChI is InChI=1S/C11H13F2N5O/c1-2-14-10-7(12)5-8(13)11(17-10)15-4-3-9-16-6-19-18-9/h5-6H,2-4H2,1H3,(H2,14,15,17). The fraction of sp³-hybridized carbons (Fsp3) is 0.364. The molecule has 0 unspecified atom stereocenters. The van der Waals surface area contributed by atoms with Crippen LogP contribution in [-0.2, 0) is 6.42 Å². The van der Waals surface area contributed by atoms with Crippen LogP contribution >= 0.6 is 0 Å². The molecule has 2 N–H and O–H groups in total. The van der Waals surface area contributed by atoms with Crippen LogP contribution in [0.4, 0.5) is 20.4 Å². The third-order valence-corrected chi connectivity index (χ3v) is 2.32. The largest absolute Gasteiger partial charge is 0.368 e. The first-order valence-electron chi connectivity index (χ1n) is 5.79. The summed E-state index contributed by atoms with van der Waals surface area (Å²) in [5.41, 5.74) is 0. The van der Waals surface area contributed by atoms with Gasteiger partial charge in [-0.05, 0) is 6.92 Å². The van der Waals surface area contributed by atoms with Gasteiger partial charge in [0.2, 0.25) is 6.39 Å². The second-order valence-corrected chi connectivity index (χ2v) is 3.70. The molecule has 2 rings (SSSR count). The molecule has 0 radical (unpaired) electrons. The molecule has 6 nitrogen and oxygen atoms in total. The van der Waals surface area contributed by atoms with Crippen LogP contribution in [0.25, 0.3) is 0 Å². The Hall–Kier alpha value is -2.25. The highest BCUT2D eigenvalue weighted by Gasteiger charge is 2.11. The van der Waals surface area contributed by atoms with Crippen molar-refractivity contribution in [1.29, 1.82) is 0 Å². The molecule has 0 aliphatic heterocycles. The first kappa shape index (κ1) is 13.2. The van der Waals surface area contributed by atoms with E-state index in [9.17, 15) is 8.78 Å². The van der Waals surface area contributed by atoms with E-state index in [1.54, 1.807) is 6.92 Å². The molecule has 102 valence electrons. The fourth-order valence-electron chi connectivity index (χ4n) is 1.48. The van der Waals surface area contributed by atoms with Crippen LogP contribution in [0.2, 0.25) is 0 Å². The Balaban J connectivity index is 2.00. The van der Waals surface area contributed by atoms with Gasteiger partial charge >= 0.3 is 0 Å². The van der Waals surface area contributed by atoms with E-state index < -0.39 is 11.6 Å². The average Bonchev–Trinajstić information content (AvgIpc) is 2.88. The normalized spacial score (nSPS) is 10.5. The van der Waals surface area contributed by atoms with Crippen molar-refractivity contribution in [1.82, 2.24) is 15.1 Å². The summed E-state index contributed by atoms with van der Waals surface area (Å²) in [4.78, 5) is 7.67. The van der Waals surface area contributed by atoms with Crippen molar-refractivity contribution < 1.29 is 13.3 Å². The number of rotatable bonds is 6. The third-order valence-electron chi connectivity index (χ3n) is 2.32. The van der Waals surface area contributed by atoms with E-state index in [0.717, 1.165) is 6.07 Å². The van der Waals surface area contributed by atoms with E-state index in [0.29, 0.717) is 25.3 Å². The minimum atomic E-state index is -0.743. The van der Waals surface area contributed by atoms with E-state index in [4.69, 9.17) is 0 Å². The zero-order valence-corrected chi connectivity index (χ0v) is 10.3. The van der Waals surface area contributed by atoms with Crippen LogP contribution in [-0.4, -0.2) is 28.2 Å². The van der Waals surface area contributed by atoms with Crippen molar-refractivity contribution in [2.45, 2.75) is 13.3 Å². The average molecular weight is 269 g/mol. The van der Waals surface area contributed by atoms with Crippen LogP contribution in [0.5, 0.6) is 0 Å². The fourth-order valence-corrected chi connectivity index (χ4v) is 1.48. The maximum Gasteiger partial charge on any atom is 0.213 e. The van der Waals surface area contributed by atoms with Gasteiger partial charge in [-0.2, -0.15) is 4.98 Å². The van der Waals surface area contributed by atoms with Gasteiger partial charge in [-0.3, -0.25) is 0 Å². The molecule has 0 saturated heterocycles. The van der Waals surface area contributed by atoms with Crippen molar-refractivity contribution in [3.8, 4) is 0 Å². The maximum absolute atomic E-state index is 13.5. The van der Waals surface area contributed by atoms with Crippen LogP contribution in [0.3, 0.4) is 0 Å². The first-order valence-corrected chi connectivity index (χ1v) is 5.79. The Morgan fingerprint density at radius 2 is 1.95 bits per heavy atom. The summed E-state index contributed by atoms with van der Waals surface area (Å²) >= 11 is 0.